The predicted molar refractivity (Wildman–Crippen MR) is 55.8 cm³/mol. The lowest BCUT2D eigenvalue weighted by atomic mass is 9.99. The maximum absolute atomic E-state index is 13.4. The van der Waals surface area contributed by atoms with Crippen molar-refractivity contribution in [3.05, 3.63) is 35.4 Å². The Kier molecular flexibility index (Phi) is 2.08. The number of hydrogen-bond donors (Lipinski definition) is 1. The number of hydrogen-bond acceptors (Lipinski definition) is 1. The predicted octanol–water partition coefficient (Wildman–Crippen LogP) is 2.67. The number of halogens is 2. The average Bonchev–Trinajstić information content (AvgIpc) is 2.69. The van der Waals surface area contributed by atoms with E-state index in [2.05, 4.69) is 0 Å². The standard InChI is InChI=1S/C13H14F2O/c14-11-6-1-3-8(12(11)15)7-13(16)9-4-2-5-10(9)13/h1,3,6,9-10,16H,2,4-5,7H2. The third-order valence-corrected chi connectivity index (χ3v) is 4.20. The highest BCUT2D eigenvalue weighted by atomic mass is 19.2. The van der Waals surface area contributed by atoms with Gasteiger partial charge in [-0.15, -0.1) is 0 Å². The smallest absolute Gasteiger partial charge is 0.162 e. The number of rotatable bonds is 2. The normalized spacial score (nSPS) is 36.2. The molecule has 86 valence electrons. The molecule has 0 bridgehead atoms. The summed E-state index contributed by atoms with van der Waals surface area (Å²) in [4.78, 5) is 0. The third-order valence-electron chi connectivity index (χ3n) is 4.20. The van der Waals surface area contributed by atoms with Crippen LogP contribution in [-0.4, -0.2) is 10.7 Å². The van der Waals surface area contributed by atoms with Crippen molar-refractivity contribution < 1.29 is 13.9 Å². The van der Waals surface area contributed by atoms with E-state index in [4.69, 9.17) is 0 Å². The number of fused-ring (bicyclic) bond motifs is 1. The van der Waals surface area contributed by atoms with Gasteiger partial charge in [0.2, 0.25) is 0 Å². The van der Waals surface area contributed by atoms with Gasteiger partial charge in [0.15, 0.2) is 11.6 Å². The Labute approximate surface area is 93.1 Å². The second-order valence-electron chi connectivity index (χ2n) is 5.02. The largest absolute Gasteiger partial charge is 0.389 e. The van der Waals surface area contributed by atoms with Gasteiger partial charge in [-0.1, -0.05) is 18.6 Å². The van der Waals surface area contributed by atoms with E-state index >= 15 is 0 Å². The van der Waals surface area contributed by atoms with E-state index in [1.54, 1.807) is 6.07 Å². The topological polar surface area (TPSA) is 20.2 Å². The maximum Gasteiger partial charge on any atom is 0.162 e. The summed E-state index contributed by atoms with van der Waals surface area (Å²) < 4.78 is 26.5. The molecule has 2 aliphatic carbocycles. The second-order valence-corrected chi connectivity index (χ2v) is 5.02. The first-order valence-corrected chi connectivity index (χ1v) is 5.78. The maximum atomic E-state index is 13.4. The summed E-state index contributed by atoms with van der Waals surface area (Å²) >= 11 is 0. The van der Waals surface area contributed by atoms with Gasteiger partial charge >= 0.3 is 0 Å². The second kappa shape index (κ2) is 3.27. The summed E-state index contributed by atoms with van der Waals surface area (Å²) in [6.45, 7) is 0. The van der Waals surface area contributed by atoms with E-state index in [0.717, 1.165) is 25.3 Å². The molecule has 1 aromatic carbocycles. The zero-order valence-corrected chi connectivity index (χ0v) is 8.92. The van der Waals surface area contributed by atoms with Crippen molar-refractivity contribution in [1.29, 1.82) is 0 Å². The van der Waals surface area contributed by atoms with E-state index in [-0.39, 0.29) is 6.42 Å². The van der Waals surface area contributed by atoms with E-state index in [9.17, 15) is 13.9 Å². The molecule has 2 saturated carbocycles. The van der Waals surface area contributed by atoms with Crippen molar-refractivity contribution in [1.82, 2.24) is 0 Å². The highest BCUT2D eigenvalue weighted by molar-refractivity contribution is 5.26. The zero-order chi connectivity index (χ0) is 11.3. The Morgan fingerprint density at radius 1 is 1.25 bits per heavy atom. The minimum absolute atomic E-state index is 0.256. The SMILES string of the molecule is OC1(Cc2cccc(F)c2F)C2CCCC21. The molecule has 2 fully saturated rings. The lowest BCUT2D eigenvalue weighted by Crippen LogP contribution is -2.20. The lowest BCUT2D eigenvalue weighted by molar-refractivity contribution is 0.105. The molecule has 0 amide bonds. The minimum Gasteiger partial charge on any atom is -0.389 e. The molecule has 0 spiro atoms. The van der Waals surface area contributed by atoms with Crippen LogP contribution in [0, 0.1) is 23.5 Å². The van der Waals surface area contributed by atoms with E-state index in [1.807, 2.05) is 0 Å². The molecule has 16 heavy (non-hydrogen) atoms. The van der Waals surface area contributed by atoms with Crippen molar-refractivity contribution in [3.63, 3.8) is 0 Å². The molecule has 0 aliphatic heterocycles. The van der Waals surface area contributed by atoms with Gasteiger partial charge in [0.25, 0.3) is 0 Å². The van der Waals surface area contributed by atoms with Crippen LogP contribution >= 0.6 is 0 Å². The molecule has 0 saturated heterocycles. The van der Waals surface area contributed by atoms with Gasteiger partial charge in [-0.25, -0.2) is 8.78 Å². The van der Waals surface area contributed by atoms with Crippen molar-refractivity contribution in [2.24, 2.45) is 11.8 Å². The highest BCUT2D eigenvalue weighted by Crippen LogP contribution is 2.61. The van der Waals surface area contributed by atoms with Gasteiger partial charge in [0.05, 0.1) is 5.60 Å². The first-order chi connectivity index (χ1) is 7.63. The van der Waals surface area contributed by atoms with Crippen LogP contribution in [0.5, 0.6) is 0 Å². The fraction of sp³-hybridized carbons (Fsp3) is 0.538. The van der Waals surface area contributed by atoms with E-state index in [0.29, 0.717) is 17.4 Å². The molecular formula is C13H14F2O. The summed E-state index contributed by atoms with van der Waals surface area (Å²) in [6, 6.07) is 4.16. The molecule has 3 heteroatoms. The zero-order valence-electron chi connectivity index (χ0n) is 8.92. The van der Waals surface area contributed by atoms with Crippen LogP contribution < -0.4 is 0 Å². The fourth-order valence-corrected chi connectivity index (χ4v) is 3.30. The van der Waals surface area contributed by atoms with Crippen molar-refractivity contribution in [2.75, 3.05) is 0 Å². The molecule has 0 aromatic heterocycles. The van der Waals surface area contributed by atoms with Crippen molar-refractivity contribution in [3.8, 4) is 0 Å². The molecule has 1 nitrogen and oxygen atoms in total. The van der Waals surface area contributed by atoms with Crippen LogP contribution in [0.2, 0.25) is 0 Å². The Morgan fingerprint density at radius 3 is 2.62 bits per heavy atom. The fourth-order valence-electron chi connectivity index (χ4n) is 3.30. The average molecular weight is 224 g/mol. The number of benzene rings is 1. The molecule has 0 heterocycles. The Balaban J connectivity index is 1.83. The van der Waals surface area contributed by atoms with Gasteiger partial charge in [-0.05, 0) is 36.3 Å². The van der Waals surface area contributed by atoms with Gasteiger partial charge in [0.1, 0.15) is 0 Å². The first-order valence-electron chi connectivity index (χ1n) is 5.78. The highest BCUT2D eigenvalue weighted by Gasteiger charge is 2.65. The quantitative estimate of drug-likeness (QED) is 0.818. The monoisotopic (exact) mass is 224 g/mol. The van der Waals surface area contributed by atoms with Crippen LogP contribution in [0.1, 0.15) is 24.8 Å². The van der Waals surface area contributed by atoms with Gasteiger partial charge in [0, 0.05) is 6.42 Å². The molecule has 2 unspecified atom stereocenters. The summed E-state index contributed by atoms with van der Waals surface area (Å²) in [6.07, 6.45) is 3.46. The van der Waals surface area contributed by atoms with Crippen molar-refractivity contribution in [2.45, 2.75) is 31.3 Å². The molecule has 2 aliphatic rings. The summed E-state index contributed by atoms with van der Waals surface area (Å²) in [5, 5.41) is 10.3. The summed E-state index contributed by atoms with van der Waals surface area (Å²) in [5.74, 6) is -1.00. The molecule has 0 radical (unpaired) electrons. The van der Waals surface area contributed by atoms with Crippen LogP contribution in [-0.2, 0) is 6.42 Å². The summed E-state index contributed by atoms with van der Waals surface area (Å²) in [7, 11) is 0. The van der Waals surface area contributed by atoms with Crippen LogP contribution in [0.25, 0.3) is 0 Å². The molecular weight excluding hydrogens is 210 g/mol. The van der Waals surface area contributed by atoms with E-state index < -0.39 is 17.2 Å². The Hall–Kier alpha value is -0.960. The minimum atomic E-state index is -0.827. The first kappa shape index (κ1) is 10.2. The Morgan fingerprint density at radius 2 is 1.94 bits per heavy atom. The lowest BCUT2D eigenvalue weighted by Gasteiger charge is -2.14. The number of aliphatic hydroxyl groups is 1. The third kappa shape index (κ3) is 1.31. The van der Waals surface area contributed by atoms with Crippen LogP contribution in [0.4, 0.5) is 8.78 Å². The van der Waals surface area contributed by atoms with Crippen LogP contribution in [0.3, 0.4) is 0 Å². The van der Waals surface area contributed by atoms with Crippen molar-refractivity contribution >= 4 is 0 Å². The van der Waals surface area contributed by atoms with Crippen LogP contribution in [0.15, 0.2) is 18.2 Å². The van der Waals surface area contributed by atoms with E-state index in [1.165, 1.54) is 6.07 Å². The van der Waals surface area contributed by atoms with Gasteiger partial charge < -0.3 is 5.11 Å². The molecule has 1 N–H and O–H groups in total. The molecule has 2 atom stereocenters. The van der Waals surface area contributed by atoms with Gasteiger partial charge in [-0.3, -0.25) is 0 Å². The summed E-state index contributed by atoms with van der Waals surface area (Å²) in [5.41, 5.74) is -0.454. The molecule has 1 aromatic rings. The Bertz CT molecular complexity index is 420. The molecule has 3 rings (SSSR count). The van der Waals surface area contributed by atoms with Gasteiger partial charge in [-0.2, -0.15) is 0 Å².